The highest BCUT2D eigenvalue weighted by Gasteiger charge is 2.07. The molecule has 0 bridgehead atoms. The molecule has 0 saturated heterocycles. The van der Waals surface area contributed by atoms with Gasteiger partial charge >= 0.3 is 0 Å². The maximum Gasteiger partial charge on any atom is 0.273 e. The van der Waals surface area contributed by atoms with Crippen molar-refractivity contribution in [2.24, 2.45) is 10.9 Å². The van der Waals surface area contributed by atoms with Crippen molar-refractivity contribution in [2.75, 3.05) is 0 Å². The van der Waals surface area contributed by atoms with Crippen LogP contribution in [0.25, 0.3) is 0 Å². The van der Waals surface area contributed by atoms with Crippen LogP contribution in [0.4, 0.5) is 5.69 Å². The van der Waals surface area contributed by atoms with E-state index < -0.39 is 4.92 Å². The van der Waals surface area contributed by atoms with Crippen molar-refractivity contribution >= 4 is 11.5 Å². The average Bonchev–Trinajstić information content (AvgIpc) is 2.52. The molecule has 21 heavy (non-hydrogen) atoms. The molecular formula is C13H12N4O4. The summed E-state index contributed by atoms with van der Waals surface area (Å²) < 4.78 is 5.48. The number of rotatable bonds is 5. The number of nitrogens with two attached hydrogens (primary N) is 1. The molecule has 8 heteroatoms. The number of nitro groups is 1. The van der Waals surface area contributed by atoms with Gasteiger partial charge in [-0.3, -0.25) is 15.1 Å². The fourth-order valence-corrected chi connectivity index (χ4v) is 1.61. The highest BCUT2D eigenvalue weighted by atomic mass is 16.6. The Bertz CT molecular complexity index is 687. The van der Waals surface area contributed by atoms with Crippen molar-refractivity contribution in [1.82, 2.24) is 4.98 Å². The molecule has 0 unspecified atom stereocenters. The van der Waals surface area contributed by atoms with E-state index in [0.717, 1.165) is 5.56 Å². The zero-order chi connectivity index (χ0) is 15.2. The molecule has 1 aromatic carbocycles. The standard InChI is InChI=1S/C13H12N4O4/c14-13(16-18)12-6-9(4-5-15-12)8-21-11-3-1-2-10(7-11)17(19)20/h1-7,18H,8H2,(H2,14,16). The molecule has 0 fully saturated rings. The Morgan fingerprint density at radius 3 is 2.95 bits per heavy atom. The lowest BCUT2D eigenvalue weighted by atomic mass is 10.2. The summed E-state index contributed by atoms with van der Waals surface area (Å²) in [6.45, 7) is 0.176. The molecular weight excluding hydrogens is 276 g/mol. The molecule has 1 aromatic heterocycles. The van der Waals surface area contributed by atoms with E-state index >= 15 is 0 Å². The molecule has 0 atom stereocenters. The van der Waals surface area contributed by atoms with Gasteiger partial charge in [0.2, 0.25) is 0 Å². The van der Waals surface area contributed by atoms with Crippen molar-refractivity contribution in [3.63, 3.8) is 0 Å². The van der Waals surface area contributed by atoms with Gasteiger partial charge in [-0.25, -0.2) is 0 Å². The average molecular weight is 288 g/mol. The van der Waals surface area contributed by atoms with Crippen molar-refractivity contribution in [2.45, 2.75) is 6.61 Å². The van der Waals surface area contributed by atoms with Gasteiger partial charge in [0, 0.05) is 12.3 Å². The molecule has 2 aromatic rings. The van der Waals surface area contributed by atoms with Crippen LogP contribution < -0.4 is 10.5 Å². The number of nitro benzene ring substituents is 1. The van der Waals surface area contributed by atoms with Gasteiger partial charge in [0.25, 0.3) is 5.69 Å². The molecule has 8 nitrogen and oxygen atoms in total. The number of hydrogen-bond acceptors (Lipinski definition) is 6. The first-order valence-electron chi connectivity index (χ1n) is 5.90. The monoisotopic (exact) mass is 288 g/mol. The molecule has 1 heterocycles. The first-order chi connectivity index (χ1) is 10.1. The van der Waals surface area contributed by atoms with Gasteiger partial charge < -0.3 is 15.7 Å². The fraction of sp³-hybridized carbons (Fsp3) is 0.0769. The minimum absolute atomic E-state index is 0.0421. The van der Waals surface area contributed by atoms with Crippen LogP contribution in [0.5, 0.6) is 5.75 Å². The Morgan fingerprint density at radius 2 is 2.24 bits per heavy atom. The van der Waals surface area contributed by atoms with Crippen molar-refractivity contribution in [3.8, 4) is 5.75 Å². The predicted octanol–water partition coefficient (Wildman–Crippen LogP) is 1.66. The second-order valence-electron chi connectivity index (χ2n) is 4.08. The van der Waals surface area contributed by atoms with Crippen LogP contribution in [0.1, 0.15) is 11.3 Å². The van der Waals surface area contributed by atoms with E-state index in [0.29, 0.717) is 11.4 Å². The predicted molar refractivity (Wildman–Crippen MR) is 74.2 cm³/mol. The zero-order valence-corrected chi connectivity index (χ0v) is 10.8. The fourth-order valence-electron chi connectivity index (χ4n) is 1.61. The largest absolute Gasteiger partial charge is 0.489 e. The maximum absolute atomic E-state index is 10.7. The van der Waals surface area contributed by atoms with Crippen LogP contribution >= 0.6 is 0 Å². The van der Waals surface area contributed by atoms with Gasteiger partial charge in [0.1, 0.15) is 18.1 Å². The van der Waals surface area contributed by atoms with Gasteiger partial charge in [0.05, 0.1) is 11.0 Å². The Morgan fingerprint density at radius 1 is 1.43 bits per heavy atom. The second-order valence-corrected chi connectivity index (χ2v) is 4.08. The summed E-state index contributed by atoms with van der Waals surface area (Å²) in [6, 6.07) is 9.19. The van der Waals surface area contributed by atoms with E-state index in [1.54, 1.807) is 24.3 Å². The van der Waals surface area contributed by atoms with Gasteiger partial charge in [-0.05, 0) is 23.8 Å². The summed E-state index contributed by atoms with van der Waals surface area (Å²) in [5.41, 5.74) is 6.45. The minimum atomic E-state index is -0.490. The van der Waals surface area contributed by atoms with E-state index in [2.05, 4.69) is 10.1 Å². The number of ether oxygens (including phenoxy) is 1. The van der Waals surface area contributed by atoms with Crippen LogP contribution in [0, 0.1) is 10.1 Å². The third-order valence-corrected chi connectivity index (χ3v) is 2.63. The number of pyridine rings is 1. The number of oxime groups is 1. The molecule has 3 N–H and O–H groups in total. The lowest BCUT2D eigenvalue weighted by Crippen LogP contribution is -2.15. The molecule has 0 spiro atoms. The number of amidine groups is 1. The van der Waals surface area contributed by atoms with Gasteiger partial charge in [0.15, 0.2) is 5.84 Å². The Balaban J connectivity index is 2.10. The SMILES string of the molecule is NC(=NO)c1cc(COc2cccc([N+](=O)[O-])c2)ccn1. The number of benzene rings is 1. The maximum atomic E-state index is 10.7. The summed E-state index contributed by atoms with van der Waals surface area (Å²) in [7, 11) is 0. The van der Waals surface area contributed by atoms with Gasteiger partial charge in [-0.1, -0.05) is 11.2 Å². The number of nitrogens with zero attached hydrogens (tertiary/aromatic N) is 3. The van der Waals surface area contributed by atoms with Crippen molar-refractivity contribution in [1.29, 1.82) is 0 Å². The topological polar surface area (TPSA) is 124 Å². The third kappa shape index (κ3) is 3.66. The van der Waals surface area contributed by atoms with E-state index in [1.165, 1.54) is 18.3 Å². The van der Waals surface area contributed by atoms with Gasteiger partial charge in [-0.2, -0.15) is 0 Å². The molecule has 0 aliphatic rings. The smallest absolute Gasteiger partial charge is 0.273 e. The molecule has 0 radical (unpaired) electrons. The third-order valence-electron chi connectivity index (χ3n) is 2.63. The summed E-state index contributed by atoms with van der Waals surface area (Å²) >= 11 is 0. The van der Waals surface area contributed by atoms with Crippen molar-refractivity contribution < 1.29 is 14.9 Å². The second kappa shape index (κ2) is 6.33. The Hall–Kier alpha value is -3.16. The van der Waals surface area contributed by atoms with E-state index in [9.17, 15) is 10.1 Å². The molecule has 2 rings (SSSR count). The van der Waals surface area contributed by atoms with Crippen LogP contribution in [0.2, 0.25) is 0 Å². The van der Waals surface area contributed by atoms with Crippen LogP contribution in [0.15, 0.2) is 47.8 Å². The summed E-state index contributed by atoms with van der Waals surface area (Å²) in [5.74, 6) is 0.276. The van der Waals surface area contributed by atoms with E-state index in [-0.39, 0.29) is 18.1 Å². The zero-order valence-electron chi connectivity index (χ0n) is 10.8. The molecule has 0 aliphatic heterocycles. The van der Waals surface area contributed by atoms with Gasteiger partial charge in [-0.15, -0.1) is 0 Å². The van der Waals surface area contributed by atoms with Crippen LogP contribution in [-0.2, 0) is 6.61 Å². The lowest BCUT2D eigenvalue weighted by Gasteiger charge is -2.07. The van der Waals surface area contributed by atoms with Crippen LogP contribution in [-0.4, -0.2) is 21.0 Å². The first-order valence-corrected chi connectivity index (χ1v) is 5.90. The van der Waals surface area contributed by atoms with Crippen molar-refractivity contribution in [3.05, 3.63) is 64.0 Å². The quantitative estimate of drug-likeness (QED) is 0.283. The molecule has 0 amide bonds. The number of non-ortho nitro benzene ring substituents is 1. The molecule has 108 valence electrons. The number of hydrogen-bond donors (Lipinski definition) is 2. The highest BCUT2D eigenvalue weighted by molar-refractivity contribution is 5.95. The number of aromatic nitrogens is 1. The van der Waals surface area contributed by atoms with E-state index in [4.69, 9.17) is 15.7 Å². The Kier molecular flexibility index (Phi) is 4.30. The Labute approximate surface area is 119 Å². The summed E-state index contributed by atoms with van der Waals surface area (Å²) in [6.07, 6.45) is 1.50. The van der Waals surface area contributed by atoms with E-state index in [1.807, 2.05) is 0 Å². The summed E-state index contributed by atoms with van der Waals surface area (Å²) in [5, 5.41) is 22.1. The minimum Gasteiger partial charge on any atom is -0.489 e. The normalized spacial score (nSPS) is 11.1. The molecule has 0 saturated carbocycles. The highest BCUT2D eigenvalue weighted by Crippen LogP contribution is 2.20. The summed E-state index contributed by atoms with van der Waals surface area (Å²) in [4.78, 5) is 14.1. The molecule has 0 aliphatic carbocycles. The van der Waals surface area contributed by atoms with Crippen LogP contribution in [0.3, 0.4) is 0 Å². The first kappa shape index (κ1) is 14.3. The lowest BCUT2D eigenvalue weighted by molar-refractivity contribution is -0.384.